The van der Waals surface area contributed by atoms with Crippen LogP contribution >= 0.6 is 0 Å². The molecule has 0 fully saturated rings. The molecule has 0 aliphatic carbocycles. The molecule has 0 aliphatic rings. The first-order valence-corrected chi connectivity index (χ1v) is 5.63. The molecule has 1 atom stereocenters. The van der Waals surface area contributed by atoms with Crippen molar-refractivity contribution in [3.05, 3.63) is 0 Å². The Morgan fingerprint density at radius 2 is 1.79 bits per heavy atom. The predicted octanol–water partition coefficient (Wildman–Crippen LogP) is 2.66. The van der Waals surface area contributed by atoms with Gasteiger partial charge < -0.3 is 10.6 Å². The van der Waals surface area contributed by atoms with Crippen molar-refractivity contribution in [3.8, 4) is 0 Å². The minimum atomic E-state index is -0.0519. The van der Waals surface area contributed by atoms with E-state index in [0.717, 1.165) is 6.42 Å². The van der Waals surface area contributed by atoms with Gasteiger partial charge in [0.2, 0.25) is 0 Å². The van der Waals surface area contributed by atoms with E-state index in [1.54, 1.807) is 0 Å². The van der Waals surface area contributed by atoms with Gasteiger partial charge in [-0.15, -0.1) is 0 Å². The number of carbonyl (C=O) groups excluding carboxylic acids is 1. The van der Waals surface area contributed by atoms with Crippen LogP contribution in [0.3, 0.4) is 0 Å². The fourth-order valence-electron chi connectivity index (χ4n) is 1.30. The Kier molecular flexibility index (Phi) is 7.25. The van der Waals surface area contributed by atoms with Crippen molar-refractivity contribution in [2.45, 2.75) is 65.5 Å². The summed E-state index contributed by atoms with van der Waals surface area (Å²) >= 11 is 0. The first kappa shape index (κ1) is 13.3. The lowest BCUT2D eigenvalue weighted by molar-refractivity contribution is 0.234. The zero-order chi connectivity index (χ0) is 11.0. The van der Waals surface area contributed by atoms with Crippen molar-refractivity contribution in [1.29, 1.82) is 0 Å². The monoisotopic (exact) mass is 200 g/mol. The van der Waals surface area contributed by atoms with Crippen LogP contribution in [0.15, 0.2) is 0 Å². The number of hydrogen-bond donors (Lipinski definition) is 2. The van der Waals surface area contributed by atoms with Gasteiger partial charge in [0.05, 0.1) is 0 Å². The standard InChI is InChI=1S/C11H24N2O/c1-5-6-7-8-10(4)13-11(14)12-9(2)3/h9-10H,5-8H2,1-4H3,(H2,12,13,14)/t10-/m1/s1. The maximum absolute atomic E-state index is 11.3. The molecule has 0 aliphatic heterocycles. The first-order chi connectivity index (χ1) is 6.56. The van der Waals surface area contributed by atoms with Gasteiger partial charge in [0.25, 0.3) is 0 Å². The summed E-state index contributed by atoms with van der Waals surface area (Å²) in [5, 5.41) is 5.73. The number of carbonyl (C=O) groups is 1. The normalized spacial score (nSPS) is 12.6. The van der Waals surface area contributed by atoms with E-state index in [1.165, 1.54) is 19.3 Å². The van der Waals surface area contributed by atoms with Crippen LogP contribution in [0.1, 0.15) is 53.4 Å². The Labute approximate surface area is 87.6 Å². The lowest BCUT2D eigenvalue weighted by Gasteiger charge is -2.15. The molecular weight excluding hydrogens is 176 g/mol. The summed E-state index contributed by atoms with van der Waals surface area (Å²) in [5.41, 5.74) is 0. The molecule has 0 saturated carbocycles. The second-order valence-electron chi connectivity index (χ2n) is 4.17. The molecule has 0 unspecified atom stereocenters. The lowest BCUT2D eigenvalue weighted by Crippen LogP contribution is -2.43. The second kappa shape index (κ2) is 7.65. The van der Waals surface area contributed by atoms with Crippen molar-refractivity contribution in [3.63, 3.8) is 0 Å². The number of rotatable bonds is 6. The predicted molar refractivity (Wildman–Crippen MR) is 60.4 cm³/mol. The van der Waals surface area contributed by atoms with Gasteiger partial charge in [-0.3, -0.25) is 0 Å². The molecule has 2 N–H and O–H groups in total. The highest BCUT2D eigenvalue weighted by molar-refractivity contribution is 5.74. The Balaban J connectivity index is 3.50. The quantitative estimate of drug-likeness (QED) is 0.636. The third kappa shape index (κ3) is 7.90. The molecule has 0 spiro atoms. The number of nitrogens with one attached hydrogen (secondary N) is 2. The lowest BCUT2D eigenvalue weighted by atomic mass is 10.1. The van der Waals surface area contributed by atoms with Crippen molar-refractivity contribution in [2.75, 3.05) is 0 Å². The number of unbranched alkanes of at least 4 members (excludes halogenated alkanes) is 2. The molecule has 0 rings (SSSR count). The minimum Gasteiger partial charge on any atom is -0.336 e. The molecule has 14 heavy (non-hydrogen) atoms. The van der Waals surface area contributed by atoms with Crippen LogP contribution in [-0.2, 0) is 0 Å². The highest BCUT2D eigenvalue weighted by atomic mass is 16.2. The molecule has 0 saturated heterocycles. The van der Waals surface area contributed by atoms with Gasteiger partial charge in [0.15, 0.2) is 0 Å². The zero-order valence-corrected chi connectivity index (χ0v) is 9.89. The van der Waals surface area contributed by atoms with E-state index in [4.69, 9.17) is 0 Å². The van der Waals surface area contributed by atoms with Crippen LogP contribution in [-0.4, -0.2) is 18.1 Å². The van der Waals surface area contributed by atoms with Crippen LogP contribution in [0.2, 0.25) is 0 Å². The molecule has 0 aromatic heterocycles. The van der Waals surface area contributed by atoms with Crippen LogP contribution < -0.4 is 10.6 Å². The van der Waals surface area contributed by atoms with Crippen LogP contribution in [0.4, 0.5) is 4.79 Å². The SMILES string of the molecule is CCCCC[C@@H](C)NC(=O)NC(C)C. The smallest absolute Gasteiger partial charge is 0.315 e. The Bertz CT molecular complexity index is 157. The molecule has 3 heteroatoms. The average molecular weight is 200 g/mol. The average Bonchev–Trinajstić information content (AvgIpc) is 2.02. The van der Waals surface area contributed by atoms with Gasteiger partial charge in [0, 0.05) is 12.1 Å². The van der Waals surface area contributed by atoms with Gasteiger partial charge in [-0.1, -0.05) is 26.2 Å². The van der Waals surface area contributed by atoms with Crippen molar-refractivity contribution in [2.24, 2.45) is 0 Å². The minimum absolute atomic E-state index is 0.0519. The summed E-state index contributed by atoms with van der Waals surface area (Å²) in [5.74, 6) is 0. The summed E-state index contributed by atoms with van der Waals surface area (Å²) in [4.78, 5) is 11.3. The van der Waals surface area contributed by atoms with Gasteiger partial charge in [-0.25, -0.2) is 4.79 Å². The van der Waals surface area contributed by atoms with E-state index in [-0.39, 0.29) is 18.1 Å². The molecule has 2 amide bonds. The molecular formula is C11H24N2O. The van der Waals surface area contributed by atoms with Gasteiger partial charge in [0.1, 0.15) is 0 Å². The van der Waals surface area contributed by atoms with Gasteiger partial charge in [-0.05, 0) is 27.2 Å². The Morgan fingerprint density at radius 1 is 1.14 bits per heavy atom. The summed E-state index contributed by atoms with van der Waals surface area (Å²) in [7, 11) is 0. The van der Waals surface area contributed by atoms with E-state index in [0.29, 0.717) is 0 Å². The Hall–Kier alpha value is -0.730. The molecule has 3 nitrogen and oxygen atoms in total. The summed E-state index contributed by atoms with van der Waals surface area (Å²) in [6.45, 7) is 8.15. The molecule has 0 aromatic rings. The van der Waals surface area contributed by atoms with Crippen LogP contribution in [0, 0.1) is 0 Å². The number of amides is 2. The van der Waals surface area contributed by atoms with Crippen LogP contribution in [0.25, 0.3) is 0 Å². The van der Waals surface area contributed by atoms with E-state index in [9.17, 15) is 4.79 Å². The molecule has 0 radical (unpaired) electrons. The van der Waals surface area contributed by atoms with Crippen LogP contribution in [0.5, 0.6) is 0 Å². The molecule has 0 heterocycles. The fraction of sp³-hybridized carbons (Fsp3) is 0.909. The maximum Gasteiger partial charge on any atom is 0.315 e. The molecule has 84 valence electrons. The van der Waals surface area contributed by atoms with E-state index >= 15 is 0 Å². The van der Waals surface area contributed by atoms with Crippen molar-refractivity contribution in [1.82, 2.24) is 10.6 Å². The number of urea groups is 1. The summed E-state index contributed by atoms with van der Waals surface area (Å²) in [6.07, 6.45) is 4.74. The first-order valence-electron chi connectivity index (χ1n) is 5.63. The molecule has 0 aromatic carbocycles. The maximum atomic E-state index is 11.3. The number of hydrogen-bond acceptors (Lipinski definition) is 1. The van der Waals surface area contributed by atoms with E-state index in [2.05, 4.69) is 24.5 Å². The van der Waals surface area contributed by atoms with Gasteiger partial charge in [-0.2, -0.15) is 0 Å². The summed E-state index contributed by atoms with van der Waals surface area (Å²) in [6, 6.07) is 0.433. The second-order valence-corrected chi connectivity index (χ2v) is 4.17. The van der Waals surface area contributed by atoms with Crippen molar-refractivity contribution >= 4 is 6.03 Å². The fourth-order valence-corrected chi connectivity index (χ4v) is 1.30. The van der Waals surface area contributed by atoms with Gasteiger partial charge >= 0.3 is 6.03 Å². The highest BCUT2D eigenvalue weighted by Gasteiger charge is 2.06. The molecule has 0 bridgehead atoms. The third-order valence-electron chi connectivity index (χ3n) is 2.04. The Morgan fingerprint density at radius 3 is 2.29 bits per heavy atom. The topological polar surface area (TPSA) is 41.1 Å². The highest BCUT2D eigenvalue weighted by Crippen LogP contribution is 2.02. The van der Waals surface area contributed by atoms with E-state index in [1.807, 2.05) is 13.8 Å². The zero-order valence-electron chi connectivity index (χ0n) is 9.89. The van der Waals surface area contributed by atoms with E-state index < -0.39 is 0 Å². The summed E-state index contributed by atoms with van der Waals surface area (Å²) < 4.78 is 0. The largest absolute Gasteiger partial charge is 0.336 e. The third-order valence-corrected chi connectivity index (χ3v) is 2.04. The van der Waals surface area contributed by atoms with Crippen molar-refractivity contribution < 1.29 is 4.79 Å².